The zero-order valence-corrected chi connectivity index (χ0v) is 12.3. The SMILES string of the molecule is CC1CC1N1CC(NC(=O)c2ccc(C(=O)O)cc2)CC1=O. The first-order chi connectivity index (χ1) is 10.5. The van der Waals surface area contributed by atoms with Crippen LogP contribution in [0.4, 0.5) is 0 Å². The highest BCUT2D eigenvalue weighted by Gasteiger charge is 2.44. The molecule has 1 heterocycles. The molecule has 6 heteroatoms. The summed E-state index contributed by atoms with van der Waals surface area (Å²) in [5.41, 5.74) is 0.539. The van der Waals surface area contributed by atoms with E-state index in [4.69, 9.17) is 5.11 Å². The Morgan fingerprint density at radius 2 is 1.82 bits per heavy atom. The fraction of sp³-hybridized carbons (Fsp3) is 0.438. The van der Waals surface area contributed by atoms with Crippen LogP contribution in [0, 0.1) is 5.92 Å². The smallest absolute Gasteiger partial charge is 0.335 e. The van der Waals surface area contributed by atoms with Crippen molar-refractivity contribution in [2.45, 2.75) is 31.8 Å². The molecular weight excluding hydrogens is 284 g/mol. The second kappa shape index (κ2) is 5.44. The molecule has 116 valence electrons. The third-order valence-electron chi connectivity index (χ3n) is 4.36. The Balaban J connectivity index is 1.60. The molecule has 2 amide bonds. The average molecular weight is 302 g/mol. The molecule has 2 fully saturated rings. The molecule has 22 heavy (non-hydrogen) atoms. The molecule has 0 bridgehead atoms. The van der Waals surface area contributed by atoms with Crippen LogP contribution in [0.1, 0.15) is 40.5 Å². The number of benzene rings is 1. The Labute approximate surface area is 128 Å². The number of rotatable bonds is 4. The molecule has 1 saturated carbocycles. The number of aromatic carboxylic acids is 1. The van der Waals surface area contributed by atoms with E-state index in [1.165, 1.54) is 24.3 Å². The summed E-state index contributed by atoms with van der Waals surface area (Å²) in [4.78, 5) is 36.8. The summed E-state index contributed by atoms with van der Waals surface area (Å²) in [5, 5.41) is 11.7. The molecule has 6 nitrogen and oxygen atoms in total. The number of carbonyl (C=O) groups is 3. The third-order valence-corrected chi connectivity index (χ3v) is 4.36. The van der Waals surface area contributed by atoms with Crippen LogP contribution in [0.25, 0.3) is 0 Å². The van der Waals surface area contributed by atoms with E-state index in [1.807, 2.05) is 4.90 Å². The van der Waals surface area contributed by atoms with Gasteiger partial charge in [0.25, 0.3) is 5.91 Å². The van der Waals surface area contributed by atoms with Crippen molar-refractivity contribution in [3.05, 3.63) is 35.4 Å². The van der Waals surface area contributed by atoms with Crippen molar-refractivity contribution >= 4 is 17.8 Å². The highest BCUT2D eigenvalue weighted by molar-refractivity contribution is 5.96. The molecule has 2 aliphatic rings. The van der Waals surface area contributed by atoms with Crippen molar-refractivity contribution in [1.82, 2.24) is 10.2 Å². The van der Waals surface area contributed by atoms with Gasteiger partial charge in [-0.15, -0.1) is 0 Å². The van der Waals surface area contributed by atoms with Crippen molar-refractivity contribution < 1.29 is 19.5 Å². The first kappa shape index (κ1) is 14.6. The lowest BCUT2D eigenvalue weighted by atomic mass is 10.1. The predicted molar refractivity (Wildman–Crippen MR) is 78.6 cm³/mol. The van der Waals surface area contributed by atoms with Crippen LogP contribution in [-0.4, -0.2) is 46.4 Å². The van der Waals surface area contributed by atoms with Gasteiger partial charge in [0.05, 0.1) is 11.6 Å². The maximum Gasteiger partial charge on any atom is 0.335 e. The van der Waals surface area contributed by atoms with Crippen LogP contribution in [0.2, 0.25) is 0 Å². The summed E-state index contributed by atoms with van der Waals surface area (Å²) in [5.74, 6) is -0.647. The lowest BCUT2D eigenvalue weighted by molar-refractivity contribution is -0.128. The summed E-state index contributed by atoms with van der Waals surface area (Å²) in [6.45, 7) is 2.68. The van der Waals surface area contributed by atoms with E-state index >= 15 is 0 Å². The number of amides is 2. The topological polar surface area (TPSA) is 86.7 Å². The molecule has 0 radical (unpaired) electrons. The molecule has 3 unspecified atom stereocenters. The molecule has 0 spiro atoms. The molecule has 1 aromatic rings. The average Bonchev–Trinajstić information content (AvgIpc) is 3.09. The number of nitrogens with zero attached hydrogens (tertiary/aromatic N) is 1. The monoisotopic (exact) mass is 302 g/mol. The Kier molecular flexibility index (Phi) is 3.60. The van der Waals surface area contributed by atoms with E-state index in [0.717, 1.165) is 6.42 Å². The Hall–Kier alpha value is -2.37. The Bertz CT molecular complexity index is 626. The van der Waals surface area contributed by atoms with Gasteiger partial charge in [0, 0.05) is 24.6 Å². The third kappa shape index (κ3) is 2.81. The molecule has 3 rings (SSSR count). The minimum Gasteiger partial charge on any atom is -0.478 e. The van der Waals surface area contributed by atoms with Gasteiger partial charge in [-0.1, -0.05) is 6.92 Å². The van der Waals surface area contributed by atoms with Crippen molar-refractivity contribution in [1.29, 1.82) is 0 Å². The number of hydrogen-bond acceptors (Lipinski definition) is 3. The van der Waals surface area contributed by atoms with Crippen LogP contribution in [0.3, 0.4) is 0 Å². The fourth-order valence-corrected chi connectivity index (χ4v) is 2.92. The van der Waals surface area contributed by atoms with Gasteiger partial charge in [0.1, 0.15) is 0 Å². The van der Waals surface area contributed by atoms with Gasteiger partial charge in [-0.2, -0.15) is 0 Å². The van der Waals surface area contributed by atoms with Crippen molar-refractivity contribution in [3.8, 4) is 0 Å². The summed E-state index contributed by atoms with van der Waals surface area (Å²) < 4.78 is 0. The van der Waals surface area contributed by atoms with Gasteiger partial charge in [-0.3, -0.25) is 9.59 Å². The van der Waals surface area contributed by atoms with E-state index < -0.39 is 5.97 Å². The molecule has 1 saturated heterocycles. The first-order valence-corrected chi connectivity index (χ1v) is 7.39. The van der Waals surface area contributed by atoms with Crippen molar-refractivity contribution in [2.24, 2.45) is 5.92 Å². The quantitative estimate of drug-likeness (QED) is 0.872. The normalized spacial score (nSPS) is 26.9. The van der Waals surface area contributed by atoms with Crippen LogP contribution < -0.4 is 5.32 Å². The molecule has 0 aromatic heterocycles. The minimum atomic E-state index is -1.03. The van der Waals surface area contributed by atoms with E-state index in [0.29, 0.717) is 30.5 Å². The zero-order valence-electron chi connectivity index (χ0n) is 12.3. The van der Waals surface area contributed by atoms with Gasteiger partial charge >= 0.3 is 5.97 Å². The highest BCUT2D eigenvalue weighted by Crippen LogP contribution is 2.37. The van der Waals surface area contributed by atoms with E-state index in [1.54, 1.807) is 0 Å². The highest BCUT2D eigenvalue weighted by atomic mass is 16.4. The van der Waals surface area contributed by atoms with Crippen LogP contribution in [0.15, 0.2) is 24.3 Å². The van der Waals surface area contributed by atoms with E-state index in [2.05, 4.69) is 12.2 Å². The summed E-state index contributed by atoms with van der Waals surface area (Å²) in [6.07, 6.45) is 1.38. The second-order valence-corrected chi connectivity index (χ2v) is 6.08. The second-order valence-electron chi connectivity index (χ2n) is 6.08. The van der Waals surface area contributed by atoms with Crippen LogP contribution in [-0.2, 0) is 4.79 Å². The standard InChI is InChI=1S/C16H18N2O4/c1-9-6-13(9)18-8-12(7-14(18)19)17-15(20)10-2-4-11(5-3-10)16(21)22/h2-5,9,12-13H,6-8H2,1H3,(H,17,20)(H,21,22). The summed E-state index contributed by atoms with van der Waals surface area (Å²) in [6, 6.07) is 5.92. The lowest BCUT2D eigenvalue weighted by Crippen LogP contribution is -2.37. The molecule has 1 aliphatic heterocycles. The molecule has 2 N–H and O–H groups in total. The Morgan fingerprint density at radius 3 is 2.36 bits per heavy atom. The molecule has 1 aliphatic carbocycles. The van der Waals surface area contributed by atoms with Crippen LogP contribution in [0.5, 0.6) is 0 Å². The largest absolute Gasteiger partial charge is 0.478 e. The fourth-order valence-electron chi connectivity index (χ4n) is 2.92. The first-order valence-electron chi connectivity index (χ1n) is 7.39. The summed E-state index contributed by atoms with van der Waals surface area (Å²) >= 11 is 0. The molecule has 3 atom stereocenters. The zero-order chi connectivity index (χ0) is 15.9. The van der Waals surface area contributed by atoms with Gasteiger partial charge in [0.2, 0.25) is 5.91 Å². The number of carboxylic acids is 1. The van der Waals surface area contributed by atoms with E-state index in [9.17, 15) is 14.4 Å². The maximum absolute atomic E-state index is 12.2. The predicted octanol–water partition coefficient (Wildman–Crippen LogP) is 1.12. The number of carboxylic acid groups (broad SMARTS) is 1. The van der Waals surface area contributed by atoms with Gasteiger partial charge in [-0.25, -0.2) is 4.79 Å². The lowest BCUT2D eigenvalue weighted by Gasteiger charge is -2.17. The number of hydrogen-bond donors (Lipinski definition) is 2. The summed E-state index contributed by atoms with van der Waals surface area (Å²) in [7, 11) is 0. The maximum atomic E-state index is 12.2. The van der Waals surface area contributed by atoms with Gasteiger partial charge in [-0.05, 0) is 36.6 Å². The van der Waals surface area contributed by atoms with E-state index in [-0.39, 0.29) is 23.4 Å². The molecule has 1 aromatic carbocycles. The van der Waals surface area contributed by atoms with Crippen molar-refractivity contribution in [2.75, 3.05) is 6.54 Å². The Morgan fingerprint density at radius 1 is 1.23 bits per heavy atom. The molecular formula is C16H18N2O4. The van der Waals surface area contributed by atoms with Crippen LogP contribution >= 0.6 is 0 Å². The number of carbonyl (C=O) groups excluding carboxylic acids is 2. The van der Waals surface area contributed by atoms with Gasteiger partial charge < -0.3 is 15.3 Å². The van der Waals surface area contributed by atoms with Crippen molar-refractivity contribution in [3.63, 3.8) is 0 Å². The number of nitrogens with one attached hydrogen (secondary N) is 1. The number of likely N-dealkylation sites (tertiary alicyclic amines) is 1. The minimum absolute atomic E-state index is 0.0980. The van der Waals surface area contributed by atoms with Gasteiger partial charge in [0.15, 0.2) is 0 Å².